The van der Waals surface area contributed by atoms with Crippen LogP contribution in [0.25, 0.3) is 0 Å². The Hall–Kier alpha value is -1.63. The Balaban J connectivity index is 2.56. The molecule has 96 valence electrons. The van der Waals surface area contributed by atoms with Crippen molar-refractivity contribution in [3.63, 3.8) is 0 Å². The lowest BCUT2D eigenvalue weighted by molar-refractivity contribution is -0.131. The first kappa shape index (κ1) is 12.8. The van der Waals surface area contributed by atoms with Crippen LogP contribution in [-0.4, -0.2) is 18.2 Å². The standard InChI is InChI=1S/C14H18N2O2/c1-13(2)10-4-5-16-11(17)7-14(10,3)6-9(8-15)12(13)18/h6,10H,4-5,7H2,1-3H3,(H,16,17)/t10-,14+/m1/s1. The van der Waals surface area contributed by atoms with Crippen LogP contribution in [0.2, 0.25) is 0 Å². The Bertz CT molecular complexity index is 485. The highest BCUT2D eigenvalue weighted by atomic mass is 16.1. The third-order valence-electron chi connectivity index (χ3n) is 4.39. The van der Waals surface area contributed by atoms with Gasteiger partial charge in [0.05, 0.1) is 5.57 Å². The second-order valence-electron chi connectivity index (χ2n) is 6.09. The lowest BCUT2D eigenvalue weighted by Crippen LogP contribution is -2.46. The highest BCUT2D eigenvalue weighted by Crippen LogP contribution is 2.51. The van der Waals surface area contributed by atoms with Crippen LogP contribution in [0.15, 0.2) is 11.6 Å². The van der Waals surface area contributed by atoms with Gasteiger partial charge in [0.1, 0.15) is 6.07 Å². The van der Waals surface area contributed by atoms with Crippen LogP contribution in [0, 0.1) is 28.1 Å². The minimum atomic E-state index is -0.582. The van der Waals surface area contributed by atoms with Gasteiger partial charge in [-0.15, -0.1) is 0 Å². The van der Waals surface area contributed by atoms with E-state index in [1.54, 1.807) is 6.08 Å². The summed E-state index contributed by atoms with van der Waals surface area (Å²) in [6.45, 7) is 6.36. The summed E-state index contributed by atoms with van der Waals surface area (Å²) in [5.74, 6) is -0.00550. The molecule has 1 amide bonds. The Morgan fingerprint density at radius 2 is 2.06 bits per heavy atom. The molecule has 0 aromatic heterocycles. The number of allylic oxidation sites excluding steroid dienone is 2. The fraction of sp³-hybridized carbons (Fsp3) is 0.643. The van der Waals surface area contributed by atoms with E-state index in [1.165, 1.54) is 0 Å². The number of hydrogen-bond donors (Lipinski definition) is 1. The predicted octanol–water partition coefficient (Wildman–Crippen LogP) is 1.58. The van der Waals surface area contributed by atoms with E-state index >= 15 is 0 Å². The minimum Gasteiger partial charge on any atom is -0.356 e. The Labute approximate surface area is 107 Å². The van der Waals surface area contributed by atoms with Gasteiger partial charge < -0.3 is 5.32 Å². The molecule has 0 spiro atoms. The molecule has 2 rings (SSSR count). The number of nitriles is 1. The fourth-order valence-electron chi connectivity index (χ4n) is 3.54. The average molecular weight is 246 g/mol. The van der Waals surface area contributed by atoms with E-state index in [0.29, 0.717) is 13.0 Å². The molecule has 0 saturated carbocycles. The molecule has 2 aliphatic rings. The van der Waals surface area contributed by atoms with Crippen LogP contribution in [0.4, 0.5) is 0 Å². The smallest absolute Gasteiger partial charge is 0.220 e. The summed E-state index contributed by atoms with van der Waals surface area (Å²) < 4.78 is 0. The molecule has 0 unspecified atom stereocenters. The summed E-state index contributed by atoms with van der Waals surface area (Å²) in [6, 6.07) is 1.98. The Morgan fingerprint density at radius 1 is 1.39 bits per heavy atom. The van der Waals surface area contributed by atoms with Crippen molar-refractivity contribution in [1.29, 1.82) is 5.26 Å². The van der Waals surface area contributed by atoms with Crippen molar-refractivity contribution in [2.75, 3.05) is 6.54 Å². The summed E-state index contributed by atoms with van der Waals surface area (Å²) >= 11 is 0. The van der Waals surface area contributed by atoms with Crippen molar-refractivity contribution in [1.82, 2.24) is 5.32 Å². The normalized spacial score (nSPS) is 34.8. The lowest BCUT2D eigenvalue weighted by Gasteiger charge is -2.46. The van der Waals surface area contributed by atoms with E-state index < -0.39 is 10.8 Å². The van der Waals surface area contributed by atoms with Gasteiger partial charge in [-0.3, -0.25) is 9.59 Å². The number of nitrogens with one attached hydrogen (secondary N) is 1. The number of carbonyl (C=O) groups excluding carboxylic acids is 2. The molecule has 4 heteroatoms. The zero-order valence-corrected chi connectivity index (χ0v) is 11.0. The van der Waals surface area contributed by atoms with Gasteiger partial charge in [-0.25, -0.2) is 0 Å². The summed E-state index contributed by atoms with van der Waals surface area (Å²) in [4.78, 5) is 24.0. The van der Waals surface area contributed by atoms with Crippen LogP contribution < -0.4 is 5.32 Å². The van der Waals surface area contributed by atoms with Crippen molar-refractivity contribution in [3.8, 4) is 6.07 Å². The van der Waals surface area contributed by atoms with E-state index in [9.17, 15) is 9.59 Å². The first-order valence-corrected chi connectivity index (χ1v) is 6.26. The van der Waals surface area contributed by atoms with Gasteiger partial charge in [-0.05, 0) is 17.8 Å². The number of carbonyl (C=O) groups is 2. The monoisotopic (exact) mass is 246 g/mol. The molecule has 1 aliphatic carbocycles. The molecule has 2 atom stereocenters. The average Bonchev–Trinajstić information content (AvgIpc) is 2.43. The van der Waals surface area contributed by atoms with E-state index in [4.69, 9.17) is 5.26 Å². The maximum Gasteiger partial charge on any atom is 0.220 e. The molecule has 1 aliphatic heterocycles. The van der Waals surface area contributed by atoms with Gasteiger partial charge in [-0.1, -0.05) is 26.8 Å². The maximum absolute atomic E-state index is 12.3. The number of ketones is 1. The summed E-state index contributed by atoms with van der Waals surface area (Å²) in [5.41, 5.74) is -0.780. The topological polar surface area (TPSA) is 70.0 Å². The van der Waals surface area contributed by atoms with Crippen LogP contribution in [0.3, 0.4) is 0 Å². The lowest BCUT2D eigenvalue weighted by atomic mass is 9.55. The molecule has 1 N–H and O–H groups in total. The summed E-state index contributed by atoms with van der Waals surface area (Å²) in [5, 5.41) is 11.9. The van der Waals surface area contributed by atoms with Crippen LogP contribution in [0.1, 0.15) is 33.6 Å². The van der Waals surface area contributed by atoms with Crippen LogP contribution in [0.5, 0.6) is 0 Å². The summed E-state index contributed by atoms with van der Waals surface area (Å²) in [6.07, 6.45) is 2.84. The number of nitrogens with zero attached hydrogens (tertiary/aromatic N) is 1. The minimum absolute atomic E-state index is 0.00121. The van der Waals surface area contributed by atoms with Gasteiger partial charge in [-0.2, -0.15) is 5.26 Å². The SMILES string of the molecule is CC1(C)C(=O)C(C#N)=C[C@@]2(C)CC(=O)NCC[C@H]12. The van der Waals surface area contributed by atoms with Gasteiger partial charge in [0.2, 0.25) is 5.91 Å². The van der Waals surface area contributed by atoms with Crippen molar-refractivity contribution in [3.05, 3.63) is 11.6 Å². The van der Waals surface area contributed by atoms with Crippen molar-refractivity contribution in [2.24, 2.45) is 16.7 Å². The molecule has 18 heavy (non-hydrogen) atoms. The molecular weight excluding hydrogens is 228 g/mol. The zero-order chi connectivity index (χ0) is 13.6. The third-order valence-corrected chi connectivity index (χ3v) is 4.39. The molecule has 1 saturated heterocycles. The quantitative estimate of drug-likeness (QED) is 0.705. The van der Waals surface area contributed by atoms with Crippen LogP contribution in [-0.2, 0) is 9.59 Å². The molecule has 1 heterocycles. The third kappa shape index (κ3) is 1.74. The molecule has 0 bridgehead atoms. The number of Topliss-reactive ketones (excluding diaryl/α,β-unsaturated/α-hetero) is 1. The van der Waals surface area contributed by atoms with Crippen LogP contribution >= 0.6 is 0 Å². The zero-order valence-electron chi connectivity index (χ0n) is 11.0. The highest BCUT2D eigenvalue weighted by molar-refractivity contribution is 6.04. The second kappa shape index (κ2) is 3.94. The van der Waals surface area contributed by atoms with E-state index in [-0.39, 0.29) is 23.2 Å². The predicted molar refractivity (Wildman–Crippen MR) is 66.3 cm³/mol. The first-order valence-electron chi connectivity index (χ1n) is 6.26. The molecular formula is C14H18N2O2. The van der Waals surface area contributed by atoms with Gasteiger partial charge >= 0.3 is 0 Å². The maximum atomic E-state index is 12.3. The number of rotatable bonds is 0. The fourth-order valence-corrected chi connectivity index (χ4v) is 3.54. The number of amides is 1. The van der Waals surface area contributed by atoms with E-state index in [1.807, 2.05) is 26.8 Å². The first-order chi connectivity index (χ1) is 8.31. The van der Waals surface area contributed by atoms with Gasteiger partial charge in [0.15, 0.2) is 5.78 Å². The van der Waals surface area contributed by atoms with Gasteiger partial charge in [0, 0.05) is 18.4 Å². The molecule has 1 fully saturated rings. The van der Waals surface area contributed by atoms with E-state index in [2.05, 4.69) is 5.32 Å². The second-order valence-corrected chi connectivity index (χ2v) is 6.09. The van der Waals surface area contributed by atoms with Crippen molar-refractivity contribution >= 4 is 11.7 Å². The van der Waals surface area contributed by atoms with E-state index in [0.717, 1.165) is 6.42 Å². The Kier molecular flexibility index (Phi) is 2.81. The highest BCUT2D eigenvalue weighted by Gasteiger charge is 2.52. The van der Waals surface area contributed by atoms with Gasteiger partial charge in [0.25, 0.3) is 0 Å². The molecule has 0 radical (unpaired) electrons. The molecule has 4 nitrogen and oxygen atoms in total. The Morgan fingerprint density at radius 3 is 2.67 bits per heavy atom. The molecule has 0 aromatic carbocycles. The summed E-state index contributed by atoms with van der Waals surface area (Å²) in [7, 11) is 0. The van der Waals surface area contributed by atoms with Crippen molar-refractivity contribution in [2.45, 2.75) is 33.6 Å². The number of hydrogen-bond acceptors (Lipinski definition) is 3. The largest absolute Gasteiger partial charge is 0.356 e. The molecule has 0 aromatic rings. The number of fused-ring (bicyclic) bond motifs is 1. The van der Waals surface area contributed by atoms with Crippen molar-refractivity contribution < 1.29 is 9.59 Å².